The molecular weight excluding hydrogens is 292 g/mol. The number of nitrogens with two attached hydrogens (primary N) is 1. The van der Waals surface area contributed by atoms with E-state index >= 15 is 0 Å². The number of nitrogens with one attached hydrogen (secondary N) is 1. The lowest BCUT2D eigenvalue weighted by atomic mass is 9.99. The van der Waals surface area contributed by atoms with Gasteiger partial charge in [0.15, 0.2) is 11.2 Å². The molecule has 0 saturated carbocycles. The Hall–Kier alpha value is -2.54. The summed E-state index contributed by atoms with van der Waals surface area (Å²) >= 11 is 0. The SMILES string of the molecule is O=c1[nH]c([C@@H]2CCC[NH2+]C2)nc2c1nnn2Cc1ccccc1. The molecule has 1 aromatic carbocycles. The zero-order valence-electron chi connectivity index (χ0n) is 12.8. The lowest BCUT2D eigenvalue weighted by molar-refractivity contribution is -0.665. The van der Waals surface area contributed by atoms with Crippen molar-refractivity contribution in [3.8, 4) is 0 Å². The van der Waals surface area contributed by atoms with Gasteiger partial charge in [0.25, 0.3) is 5.56 Å². The quantitative estimate of drug-likeness (QED) is 0.712. The van der Waals surface area contributed by atoms with Gasteiger partial charge in [-0.05, 0) is 18.4 Å². The first-order valence-corrected chi connectivity index (χ1v) is 8.00. The van der Waals surface area contributed by atoms with Crippen LogP contribution in [0.25, 0.3) is 11.2 Å². The Balaban J connectivity index is 1.74. The number of hydrogen-bond acceptors (Lipinski definition) is 4. The number of H-pyrrole nitrogens is 1. The maximum Gasteiger partial charge on any atom is 0.281 e. The largest absolute Gasteiger partial charge is 0.346 e. The number of aromatic nitrogens is 5. The molecule has 0 spiro atoms. The second-order valence-electron chi connectivity index (χ2n) is 6.01. The van der Waals surface area contributed by atoms with Crippen LogP contribution >= 0.6 is 0 Å². The van der Waals surface area contributed by atoms with Crippen molar-refractivity contribution in [3.05, 3.63) is 52.1 Å². The number of fused-ring (bicyclic) bond motifs is 1. The van der Waals surface area contributed by atoms with E-state index in [4.69, 9.17) is 0 Å². The standard InChI is InChI=1S/C16H18N6O/c23-16-13-15(18-14(19-16)12-7-4-8-17-9-12)22(21-20-13)10-11-5-2-1-3-6-11/h1-3,5-6,12,17H,4,7-10H2,(H,18,19,23)/p+1/t12-/m1/s1. The van der Waals surface area contributed by atoms with Gasteiger partial charge in [0.05, 0.1) is 25.6 Å². The van der Waals surface area contributed by atoms with E-state index in [1.165, 1.54) is 0 Å². The maximum absolute atomic E-state index is 12.3. The molecule has 3 N–H and O–H groups in total. The average molecular weight is 311 g/mol. The predicted octanol–water partition coefficient (Wildman–Crippen LogP) is 0.00370. The molecule has 1 fully saturated rings. The molecule has 1 saturated heterocycles. The van der Waals surface area contributed by atoms with Crippen LogP contribution in [0.1, 0.15) is 30.1 Å². The van der Waals surface area contributed by atoms with Gasteiger partial charge >= 0.3 is 0 Å². The highest BCUT2D eigenvalue weighted by Crippen LogP contribution is 2.18. The van der Waals surface area contributed by atoms with Crippen molar-refractivity contribution >= 4 is 11.2 Å². The minimum Gasteiger partial charge on any atom is -0.346 e. The molecule has 2 aromatic heterocycles. The van der Waals surface area contributed by atoms with E-state index in [-0.39, 0.29) is 5.56 Å². The zero-order valence-corrected chi connectivity index (χ0v) is 12.8. The molecule has 7 nitrogen and oxygen atoms in total. The molecule has 4 rings (SSSR count). The van der Waals surface area contributed by atoms with Gasteiger partial charge in [-0.3, -0.25) is 4.79 Å². The number of piperidine rings is 1. The highest BCUT2D eigenvalue weighted by molar-refractivity contribution is 5.68. The van der Waals surface area contributed by atoms with Gasteiger partial charge in [-0.2, -0.15) is 0 Å². The minimum atomic E-state index is -0.199. The molecule has 0 radical (unpaired) electrons. The molecule has 0 bridgehead atoms. The number of rotatable bonds is 3. The van der Waals surface area contributed by atoms with E-state index in [1.54, 1.807) is 4.68 Å². The van der Waals surface area contributed by atoms with Gasteiger partial charge in [-0.15, -0.1) is 5.10 Å². The third-order valence-electron chi connectivity index (χ3n) is 4.37. The number of benzene rings is 1. The van der Waals surface area contributed by atoms with Crippen molar-refractivity contribution in [2.24, 2.45) is 0 Å². The van der Waals surface area contributed by atoms with Crippen molar-refractivity contribution in [1.82, 2.24) is 25.0 Å². The molecule has 1 aliphatic heterocycles. The van der Waals surface area contributed by atoms with Gasteiger partial charge in [0.1, 0.15) is 5.82 Å². The summed E-state index contributed by atoms with van der Waals surface area (Å²) in [5.74, 6) is 1.05. The Bertz CT molecular complexity index is 863. The third kappa shape index (κ3) is 2.75. The second kappa shape index (κ2) is 5.92. The fourth-order valence-corrected chi connectivity index (χ4v) is 3.13. The Morgan fingerprint density at radius 1 is 1.30 bits per heavy atom. The van der Waals surface area contributed by atoms with Crippen LogP contribution in [0.2, 0.25) is 0 Å². The molecular formula is C16H19N6O+. The van der Waals surface area contributed by atoms with Crippen LogP contribution in [-0.2, 0) is 6.54 Å². The summed E-state index contributed by atoms with van der Waals surface area (Å²) in [6, 6.07) is 9.99. The Morgan fingerprint density at radius 3 is 2.96 bits per heavy atom. The molecule has 1 atom stereocenters. The summed E-state index contributed by atoms with van der Waals surface area (Å²) in [5, 5.41) is 10.4. The van der Waals surface area contributed by atoms with Crippen LogP contribution in [0.15, 0.2) is 35.1 Å². The smallest absolute Gasteiger partial charge is 0.281 e. The molecule has 0 aliphatic carbocycles. The summed E-state index contributed by atoms with van der Waals surface area (Å²) in [6.45, 7) is 2.68. The summed E-state index contributed by atoms with van der Waals surface area (Å²) in [7, 11) is 0. The first kappa shape index (κ1) is 14.1. The Morgan fingerprint density at radius 2 is 2.17 bits per heavy atom. The van der Waals surface area contributed by atoms with Crippen molar-refractivity contribution < 1.29 is 5.32 Å². The highest BCUT2D eigenvalue weighted by atomic mass is 16.1. The van der Waals surface area contributed by atoms with Crippen LogP contribution in [0.4, 0.5) is 0 Å². The number of hydrogen-bond donors (Lipinski definition) is 2. The van der Waals surface area contributed by atoms with Crippen LogP contribution < -0.4 is 10.9 Å². The van der Waals surface area contributed by atoms with Gasteiger partial charge < -0.3 is 10.3 Å². The Labute approximate surface area is 132 Å². The monoisotopic (exact) mass is 311 g/mol. The Kier molecular flexibility index (Phi) is 3.63. The van der Waals surface area contributed by atoms with E-state index in [1.807, 2.05) is 30.3 Å². The molecule has 0 unspecified atom stereocenters. The molecule has 1 aliphatic rings. The third-order valence-corrected chi connectivity index (χ3v) is 4.37. The number of quaternary nitrogens is 1. The predicted molar refractivity (Wildman–Crippen MR) is 85.1 cm³/mol. The molecule has 0 amide bonds. The van der Waals surface area contributed by atoms with Crippen molar-refractivity contribution in [2.75, 3.05) is 13.1 Å². The van der Waals surface area contributed by atoms with Crippen molar-refractivity contribution in [2.45, 2.75) is 25.3 Å². The van der Waals surface area contributed by atoms with E-state index in [9.17, 15) is 4.79 Å². The zero-order chi connectivity index (χ0) is 15.6. The maximum atomic E-state index is 12.3. The molecule has 23 heavy (non-hydrogen) atoms. The van der Waals surface area contributed by atoms with Crippen molar-refractivity contribution in [1.29, 1.82) is 0 Å². The lowest BCUT2D eigenvalue weighted by Crippen LogP contribution is -2.86. The van der Waals surface area contributed by atoms with Gasteiger partial charge in [-0.25, -0.2) is 9.67 Å². The van der Waals surface area contributed by atoms with E-state index in [2.05, 4.69) is 25.6 Å². The molecule has 3 heterocycles. The minimum absolute atomic E-state index is 0.199. The van der Waals surface area contributed by atoms with E-state index < -0.39 is 0 Å². The number of nitrogens with zero attached hydrogens (tertiary/aromatic N) is 4. The first-order valence-electron chi connectivity index (χ1n) is 8.00. The lowest BCUT2D eigenvalue weighted by Gasteiger charge is -2.18. The summed E-state index contributed by atoms with van der Waals surface area (Å²) in [5.41, 5.74) is 1.78. The van der Waals surface area contributed by atoms with Gasteiger partial charge in [0, 0.05) is 0 Å². The molecule has 7 heteroatoms. The first-order chi connectivity index (χ1) is 11.3. The van der Waals surface area contributed by atoms with Gasteiger partial charge in [0.2, 0.25) is 0 Å². The van der Waals surface area contributed by atoms with Crippen molar-refractivity contribution in [3.63, 3.8) is 0 Å². The van der Waals surface area contributed by atoms with Crippen LogP contribution in [0, 0.1) is 0 Å². The van der Waals surface area contributed by atoms with Crippen LogP contribution in [0.5, 0.6) is 0 Å². The fraction of sp³-hybridized carbons (Fsp3) is 0.375. The normalized spacial score (nSPS) is 18.3. The van der Waals surface area contributed by atoms with Gasteiger partial charge in [-0.1, -0.05) is 35.5 Å². The van der Waals surface area contributed by atoms with Crippen LogP contribution in [0.3, 0.4) is 0 Å². The number of aromatic amines is 1. The highest BCUT2D eigenvalue weighted by Gasteiger charge is 2.22. The topological polar surface area (TPSA) is 93.1 Å². The van der Waals surface area contributed by atoms with E-state index in [0.717, 1.165) is 37.3 Å². The molecule has 3 aromatic rings. The molecule has 118 valence electrons. The van der Waals surface area contributed by atoms with E-state index in [0.29, 0.717) is 23.6 Å². The average Bonchev–Trinajstić information content (AvgIpc) is 3.00. The summed E-state index contributed by atoms with van der Waals surface area (Å²) in [6.07, 6.45) is 2.21. The van der Waals surface area contributed by atoms with Crippen LogP contribution in [-0.4, -0.2) is 38.1 Å². The summed E-state index contributed by atoms with van der Waals surface area (Å²) < 4.78 is 1.70. The summed E-state index contributed by atoms with van der Waals surface area (Å²) in [4.78, 5) is 19.9. The second-order valence-corrected chi connectivity index (χ2v) is 6.01. The fourth-order valence-electron chi connectivity index (χ4n) is 3.13.